The lowest BCUT2D eigenvalue weighted by Gasteiger charge is -2.24. The van der Waals surface area contributed by atoms with E-state index in [-0.39, 0.29) is 0 Å². The van der Waals surface area contributed by atoms with Gasteiger partial charge in [0.15, 0.2) is 0 Å². The van der Waals surface area contributed by atoms with Crippen LogP contribution in [0.15, 0.2) is 42.5 Å². The lowest BCUT2D eigenvalue weighted by Crippen LogP contribution is -2.18. The first kappa shape index (κ1) is 17.7. The summed E-state index contributed by atoms with van der Waals surface area (Å²) in [6.07, 6.45) is 0. The van der Waals surface area contributed by atoms with Crippen LogP contribution in [0.3, 0.4) is 0 Å². The largest absolute Gasteiger partial charge is 0.378 e. The smallest absolute Gasteiger partial charge is 0.0588 e. The van der Waals surface area contributed by atoms with Gasteiger partial charge in [-0.1, -0.05) is 6.07 Å². The predicted molar refractivity (Wildman–Crippen MR) is 114 cm³/mol. The van der Waals surface area contributed by atoms with Crippen LogP contribution >= 0.6 is 45.5 Å². The standard InChI is InChI=1S/C17H21I2N3/c1-20(2)16-8-5-13(17(11-16)22(4)19)12-21(3)15-9-6-14(18)7-10-15/h5-11H,12H2,1-4H3. The van der Waals surface area contributed by atoms with E-state index in [0.717, 1.165) is 6.54 Å². The van der Waals surface area contributed by atoms with E-state index in [2.05, 4.69) is 129 Å². The van der Waals surface area contributed by atoms with Crippen molar-refractivity contribution < 1.29 is 0 Å². The van der Waals surface area contributed by atoms with Crippen LogP contribution in [0, 0.1) is 3.57 Å². The van der Waals surface area contributed by atoms with Crippen molar-refractivity contribution in [2.24, 2.45) is 0 Å². The van der Waals surface area contributed by atoms with Crippen molar-refractivity contribution in [1.29, 1.82) is 0 Å². The van der Waals surface area contributed by atoms with Crippen LogP contribution in [0.4, 0.5) is 17.1 Å². The van der Waals surface area contributed by atoms with E-state index in [1.54, 1.807) is 0 Å². The Balaban J connectivity index is 2.26. The summed E-state index contributed by atoms with van der Waals surface area (Å²) in [6, 6.07) is 15.3. The fourth-order valence-corrected chi connectivity index (χ4v) is 3.10. The molecule has 0 saturated carbocycles. The van der Waals surface area contributed by atoms with E-state index in [0.29, 0.717) is 0 Å². The Labute approximate surface area is 160 Å². The minimum Gasteiger partial charge on any atom is -0.378 e. The predicted octanol–water partition coefficient (Wildman–Crippen LogP) is 4.78. The maximum absolute atomic E-state index is 2.34. The number of anilines is 3. The third-order valence-electron chi connectivity index (χ3n) is 3.59. The summed E-state index contributed by atoms with van der Waals surface area (Å²) >= 11 is 4.67. The molecule has 0 saturated heterocycles. The van der Waals surface area contributed by atoms with Crippen LogP contribution in [0.2, 0.25) is 0 Å². The number of hydrogen-bond donors (Lipinski definition) is 0. The summed E-state index contributed by atoms with van der Waals surface area (Å²) in [5, 5.41) is 0. The van der Waals surface area contributed by atoms with Crippen molar-refractivity contribution in [3.05, 3.63) is 51.6 Å². The Morgan fingerprint density at radius 2 is 1.45 bits per heavy atom. The highest BCUT2D eigenvalue weighted by atomic mass is 127. The molecule has 5 heteroatoms. The van der Waals surface area contributed by atoms with E-state index in [4.69, 9.17) is 0 Å². The van der Waals surface area contributed by atoms with Gasteiger partial charge in [0, 0.05) is 49.7 Å². The molecule has 0 aliphatic rings. The van der Waals surface area contributed by atoms with Gasteiger partial charge in [0.05, 0.1) is 28.6 Å². The van der Waals surface area contributed by atoms with Gasteiger partial charge in [-0.05, 0) is 64.6 Å². The van der Waals surface area contributed by atoms with Crippen LogP contribution in [0.25, 0.3) is 0 Å². The lowest BCUT2D eigenvalue weighted by molar-refractivity contribution is 0.921. The van der Waals surface area contributed by atoms with E-state index >= 15 is 0 Å². The van der Waals surface area contributed by atoms with Crippen molar-refractivity contribution in [1.82, 2.24) is 0 Å². The second-order valence-corrected chi connectivity index (χ2v) is 8.21. The summed E-state index contributed by atoms with van der Waals surface area (Å²) in [5.74, 6) is 0. The van der Waals surface area contributed by atoms with Crippen molar-refractivity contribution in [2.45, 2.75) is 6.54 Å². The topological polar surface area (TPSA) is 9.72 Å². The summed E-state index contributed by atoms with van der Waals surface area (Å²) < 4.78 is 3.42. The Morgan fingerprint density at radius 1 is 0.864 bits per heavy atom. The third-order valence-corrected chi connectivity index (χ3v) is 4.83. The van der Waals surface area contributed by atoms with Gasteiger partial charge < -0.3 is 12.9 Å². The van der Waals surface area contributed by atoms with Gasteiger partial charge in [-0.2, -0.15) is 0 Å². The van der Waals surface area contributed by atoms with Gasteiger partial charge in [0.2, 0.25) is 0 Å². The highest BCUT2D eigenvalue weighted by Crippen LogP contribution is 2.29. The van der Waals surface area contributed by atoms with Crippen LogP contribution in [0.5, 0.6) is 0 Å². The van der Waals surface area contributed by atoms with Gasteiger partial charge in [-0.25, -0.2) is 0 Å². The van der Waals surface area contributed by atoms with Crippen LogP contribution in [-0.4, -0.2) is 28.2 Å². The molecular weight excluding hydrogens is 500 g/mol. The summed E-state index contributed by atoms with van der Waals surface area (Å²) in [6.45, 7) is 0.886. The van der Waals surface area contributed by atoms with Crippen LogP contribution in [-0.2, 0) is 6.54 Å². The molecular formula is C17H21I2N3. The molecule has 2 aromatic rings. The highest BCUT2D eigenvalue weighted by molar-refractivity contribution is 14.1. The zero-order chi connectivity index (χ0) is 16.3. The number of benzene rings is 2. The SMILES string of the molecule is CN(C)c1ccc(CN(C)c2ccc(I)cc2)c(N(C)I)c1. The molecule has 0 aromatic heterocycles. The summed E-state index contributed by atoms with van der Waals surface area (Å²) in [7, 11) is 8.37. The second-order valence-electron chi connectivity index (χ2n) is 5.52. The zero-order valence-electron chi connectivity index (χ0n) is 13.3. The maximum atomic E-state index is 2.34. The molecule has 0 fully saturated rings. The molecule has 2 aromatic carbocycles. The lowest BCUT2D eigenvalue weighted by atomic mass is 10.1. The van der Waals surface area contributed by atoms with Crippen LogP contribution < -0.4 is 12.9 Å². The average Bonchev–Trinajstić information content (AvgIpc) is 2.47. The molecule has 2 rings (SSSR count). The van der Waals surface area contributed by atoms with Crippen molar-refractivity contribution >= 4 is 62.5 Å². The molecule has 0 aliphatic carbocycles. The molecule has 0 unspecified atom stereocenters. The van der Waals surface area contributed by atoms with Gasteiger partial charge in [-0.3, -0.25) is 0 Å². The van der Waals surface area contributed by atoms with E-state index < -0.39 is 0 Å². The number of halogens is 2. The Morgan fingerprint density at radius 3 is 2.00 bits per heavy atom. The van der Waals surface area contributed by atoms with Crippen molar-refractivity contribution in [3.8, 4) is 0 Å². The number of nitrogens with zero attached hydrogens (tertiary/aromatic N) is 3. The molecule has 0 atom stereocenters. The van der Waals surface area contributed by atoms with E-state index in [1.165, 1.54) is 26.2 Å². The maximum Gasteiger partial charge on any atom is 0.0588 e. The van der Waals surface area contributed by atoms with Gasteiger partial charge in [-0.15, -0.1) is 0 Å². The van der Waals surface area contributed by atoms with Gasteiger partial charge in [0.25, 0.3) is 0 Å². The number of rotatable bonds is 5. The second kappa shape index (κ2) is 7.72. The Kier molecular flexibility index (Phi) is 6.19. The molecule has 0 bridgehead atoms. The molecule has 0 spiro atoms. The fraction of sp³-hybridized carbons (Fsp3) is 0.294. The van der Waals surface area contributed by atoms with Crippen molar-refractivity contribution in [3.63, 3.8) is 0 Å². The van der Waals surface area contributed by atoms with Crippen molar-refractivity contribution in [2.75, 3.05) is 41.1 Å². The molecule has 0 heterocycles. The monoisotopic (exact) mass is 521 g/mol. The third kappa shape index (κ3) is 4.41. The summed E-state index contributed by atoms with van der Waals surface area (Å²) in [4.78, 5) is 4.42. The molecule has 22 heavy (non-hydrogen) atoms. The molecule has 0 amide bonds. The van der Waals surface area contributed by atoms with Gasteiger partial charge >= 0.3 is 0 Å². The summed E-state index contributed by atoms with van der Waals surface area (Å²) in [5.41, 5.74) is 5.03. The van der Waals surface area contributed by atoms with E-state index in [1.807, 2.05) is 0 Å². The Hall–Kier alpha value is -0.700. The first-order valence-electron chi connectivity index (χ1n) is 7.05. The fourth-order valence-electron chi connectivity index (χ4n) is 2.29. The number of hydrogen-bond acceptors (Lipinski definition) is 3. The normalized spacial score (nSPS) is 10.5. The quantitative estimate of drug-likeness (QED) is 0.415. The molecule has 118 valence electrons. The molecule has 0 aliphatic heterocycles. The average molecular weight is 521 g/mol. The molecule has 0 radical (unpaired) electrons. The van der Waals surface area contributed by atoms with E-state index in [9.17, 15) is 0 Å². The minimum atomic E-state index is 0.886. The molecule has 3 nitrogen and oxygen atoms in total. The minimum absolute atomic E-state index is 0.886. The van der Waals surface area contributed by atoms with Crippen LogP contribution in [0.1, 0.15) is 5.56 Å². The highest BCUT2D eigenvalue weighted by Gasteiger charge is 2.11. The first-order chi connectivity index (χ1) is 10.4. The first-order valence-corrected chi connectivity index (χ1v) is 9.09. The zero-order valence-corrected chi connectivity index (χ0v) is 17.7. The Bertz CT molecular complexity index is 624. The molecule has 0 N–H and O–H groups in total. The van der Waals surface area contributed by atoms with Gasteiger partial charge in [0.1, 0.15) is 0 Å².